The third-order valence-corrected chi connectivity index (χ3v) is 4.93. The summed E-state index contributed by atoms with van der Waals surface area (Å²) in [4.78, 5) is 4.57. The van der Waals surface area contributed by atoms with E-state index in [1.807, 2.05) is 19.1 Å². The van der Waals surface area contributed by atoms with Crippen LogP contribution in [0.1, 0.15) is 23.0 Å². The van der Waals surface area contributed by atoms with Crippen molar-refractivity contribution in [3.63, 3.8) is 0 Å². The highest BCUT2D eigenvalue weighted by molar-refractivity contribution is 7.09. The Morgan fingerprint density at radius 1 is 1.00 bits per heavy atom. The molecule has 4 aromatic rings. The number of benzene rings is 2. The molecule has 0 spiro atoms. The molecule has 5 nitrogen and oxygen atoms in total. The number of aryl methyl sites for hydroxylation is 2. The second kappa shape index (κ2) is 6.07. The summed E-state index contributed by atoms with van der Waals surface area (Å²) in [7, 11) is 0. The topological polar surface area (TPSA) is 79.4 Å². The minimum absolute atomic E-state index is 0.433. The molecule has 0 fully saturated rings. The monoisotopic (exact) mass is 352 g/mol. The molecule has 2 N–H and O–H groups in total. The normalized spacial score (nSPS) is 11.6. The molecule has 0 amide bonds. The Bertz CT molecular complexity index is 1010. The summed E-state index contributed by atoms with van der Waals surface area (Å²) < 4.78 is 10.4. The predicted molar refractivity (Wildman–Crippen MR) is 97.2 cm³/mol. The lowest BCUT2D eigenvalue weighted by Crippen LogP contribution is -1.94. The number of nitrogens with zero attached hydrogens (tertiary/aromatic N) is 2. The molecule has 0 saturated carbocycles. The molecule has 0 unspecified atom stereocenters. The third kappa shape index (κ3) is 2.84. The summed E-state index contributed by atoms with van der Waals surface area (Å²) in [5.74, 6) is 1.30. The SMILES string of the molecule is Cc1ccc(C)c2oc(-c3nc(-c4ccc(C(O)O)cc4)ns3)cc12. The lowest BCUT2D eigenvalue weighted by molar-refractivity contribution is -0.0424. The predicted octanol–water partition coefficient (Wildman–Crippen LogP) is 4.22. The van der Waals surface area contributed by atoms with Crippen molar-refractivity contribution in [2.45, 2.75) is 20.1 Å². The molecule has 0 aliphatic heterocycles. The zero-order valence-corrected chi connectivity index (χ0v) is 14.5. The molecule has 6 heteroatoms. The molecule has 0 saturated heterocycles. The van der Waals surface area contributed by atoms with Gasteiger partial charge < -0.3 is 14.6 Å². The standard InChI is InChI=1S/C19H16N2O3S/c1-10-3-4-11(2)16-14(10)9-15(24-16)18-20-17(21-25-18)12-5-7-13(8-6-12)19(22)23/h3-9,19,22-23H,1-2H3. The van der Waals surface area contributed by atoms with E-state index in [-0.39, 0.29) is 0 Å². The fourth-order valence-electron chi connectivity index (χ4n) is 2.74. The van der Waals surface area contributed by atoms with E-state index in [1.54, 1.807) is 24.3 Å². The number of furan rings is 1. The number of aliphatic hydroxyl groups is 2. The highest BCUT2D eigenvalue weighted by Gasteiger charge is 2.15. The maximum absolute atomic E-state index is 9.17. The Hall–Kier alpha value is -2.54. The summed E-state index contributed by atoms with van der Waals surface area (Å²) in [6, 6.07) is 13.0. The number of aliphatic hydroxyl groups excluding tert-OH is 1. The van der Waals surface area contributed by atoms with Crippen molar-refractivity contribution in [1.82, 2.24) is 9.36 Å². The van der Waals surface area contributed by atoms with Gasteiger partial charge in [-0.15, -0.1) is 0 Å². The van der Waals surface area contributed by atoms with Gasteiger partial charge in [0.05, 0.1) is 0 Å². The van der Waals surface area contributed by atoms with E-state index >= 15 is 0 Å². The Morgan fingerprint density at radius 2 is 1.72 bits per heavy atom. The van der Waals surface area contributed by atoms with Gasteiger partial charge in [0, 0.05) is 16.5 Å². The van der Waals surface area contributed by atoms with Crippen molar-refractivity contribution in [2.24, 2.45) is 0 Å². The van der Waals surface area contributed by atoms with Gasteiger partial charge in [-0.1, -0.05) is 36.4 Å². The highest BCUT2D eigenvalue weighted by Crippen LogP contribution is 2.33. The maximum atomic E-state index is 9.17. The van der Waals surface area contributed by atoms with Gasteiger partial charge in [0.25, 0.3) is 0 Å². The van der Waals surface area contributed by atoms with E-state index in [0.29, 0.717) is 17.1 Å². The number of aromatic nitrogens is 2. The Balaban J connectivity index is 1.72. The molecule has 0 radical (unpaired) electrons. The summed E-state index contributed by atoms with van der Waals surface area (Å²) in [5, 5.41) is 20.1. The van der Waals surface area contributed by atoms with Gasteiger partial charge in [0.1, 0.15) is 5.58 Å². The van der Waals surface area contributed by atoms with Crippen LogP contribution in [0.2, 0.25) is 0 Å². The van der Waals surface area contributed by atoms with Crippen LogP contribution < -0.4 is 0 Å². The molecule has 25 heavy (non-hydrogen) atoms. The molecule has 0 bridgehead atoms. The van der Waals surface area contributed by atoms with E-state index in [9.17, 15) is 0 Å². The minimum Gasteiger partial charge on any atom is -0.453 e. The number of hydrogen-bond acceptors (Lipinski definition) is 6. The molecule has 0 atom stereocenters. The summed E-state index contributed by atoms with van der Waals surface area (Å²) in [6.45, 7) is 4.08. The zero-order chi connectivity index (χ0) is 17.6. The van der Waals surface area contributed by atoms with E-state index < -0.39 is 6.29 Å². The number of rotatable bonds is 3. The van der Waals surface area contributed by atoms with E-state index in [0.717, 1.165) is 27.1 Å². The van der Waals surface area contributed by atoms with E-state index in [4.69, 9.17) is 14.6 Å². The molecule has 2 aromatic carbocycles. The average Bonchev–Trinajstić information content (AvgIpc) is 3.26. The molecular formula is C19H16N2O3S. The van der Waals surface area contributed by atoms with Crippen molar-refractivity contribution in [3.05, 3.63) is 59.2 Å². The fourth-order valence-corrected chi connectivity index (χ4v) is 3.38. The van der Waals surface area contributed by atoms with Gasteiger partial charge in [0.15, 0.2) is 22.9 Å². The molecule has 2 aromatic heterocycles. The first-order valence-electron chi connectivity index (χ1n) is 7.83. The first kappa shape index (κ1) is 16.0. The molecule has 0 aliphatic carbocycles. The summed E-state index contributed by atoms with van der Waals surface area (Å²) >= 11 is 1.28. The van der Waals surface area contributed by atoms with Gasteiger partial charge >= 0.3 is 0 Å². The molecule has 126 valence electrons. The fraction of sp³-hybridized carbons (Fsp3) is 0.158. The maximum Gasteiger partial charge on any atom is 0.179 e. The Labute approximate surface area is 148 Å². The van der Waals surface area contributed by atoms with Crippen LogP contribution >= 0.6 is 11.5 Å². The van der Waals surface area contributed by atoms with Crippen molar-refractivity contribution in [3.8, 4) is 22.2 Å². The zero-order valence-electron chi connectivity index (χ0n) is 13.7. The van der Waals surface area contributed by atoms with Crippen molar-refractivity contribution in [1.29, 1.82) is 0 Å². The Kier molecular flexibility index (Phi) is 3.88. The van der Waals surface area contributed by atoms with Gasteiger partial charge in [-0.2, -0.15) is 4.37 Å². The third-order valence-electron chi connectivity index (χ3n) is 4.20. The number of hydrogen-bond donors (Lipinski definition) is 2. The number of fused-ring (bicyclic) bond motifs is 1. The van der Waals surface area contributed by atoms with Crippen LogP contribution in [0.25, 0.3) is 33.1 Å². The first-order valence-corrected chi connectivity index (χ1v) is 8.60. The van der Waals surface area contributed by atoms with Crippen molar-refractivity contribution >= 4 is 22.5 Å². The van der Waals surface area contributed by atoms with Crippen LogP contribution in [0.15, 0.2) is 46.9 Å². The first-order chi connectivity index (χ1) is 12.0. The van der Waals surface area contributed by atoms with Gasteiger partial charge in [0.2, 0.25) is 0 Å². The largest absolute Gasteiger partial charge is 0.453 e. The second-order valence-corrected chi connectivity index (χ2v) is 6.72. The quantitative estimate of drug-likeness (QED) is 0.540. The molecular weight excluding hydrogens is 336 g/mol. The second-order valence-electron chi connectivity index (χ2n) is 5.97. The molecule has 0 aliphatic rings. The summed E-state index contributed by atoms with van der Waals surface area (Å²) in [5.41, 5.74) is 4.39. The van der Waals surface area contributed by atoms with Crippen molar-refractivity contribution < 1.29 is 14.6 Å². The van der Waals surface area contributed by atoms with Crippen LogP contribution in [0, 0.1) is 13.8 Å². The van der Waals surface area contributed by atoms with E-state index in [2.05, 4.69) is 22.3 Å². The smallest absolute Gasteiger partial charge is 0.179 e. The lowest BCUT2D eigenvalue weighted by Gasteiger charge is -2.03. The molecule has 4 rings (SSSR count). The molecule has 2 heterocycles. The van der Waals surface area contributed by atoms with Gasteiger partial charge in [-0.25, -0.2) is 4.98 Å². The van der Waals surface area contributed by atoms with Crippen LogP contribution in [-0.4, -0.2) is 19.6 Å². The van der Waals surface area contributed by atoms with Crippen LogP contribution in [0.4, 0.5) is 0 Å². The average molecular weight is 352 g/mol. The van der Waals surface area contributed by atoms with Gasteiger partial charge in [-0.05, 0) is 42.6 Å². The summed E-state index contributed by atoms with van der Waals surface area (Å²) in [6.07, 6.45) is -1.48. The van der Waals surface area contributed by atoms with Gasteiger partial charge in [-0.3, -0.25) is 0 Å². The Morgan fingerprint density at radius 3 is 2.40 bits per heavy atom. The van der Waals surface area contributed by atoms with Crippen LogP contribution in [-0.2, 0) is 0 Å². The van der Waals surface area contributed by atoms with Crippen LogP contribution in [0.5, 0.6) is 0 Å². The van der Waals surface area contributed by atoms with E-state index in [1.165, 1.54) is 17.1 Å². The van der Waals surface area contributed by atoms with Crippen molar-refractivity contribution in [2.75, 3.05) is 0 Å². The highest BCUT2D eigenvalue weighted by atomic mass is 32.1. The lowest BCUT2D eigenvalue weighted by atomic mass is 10.1. The van der Waals surface area contributed by atoms with Crippen LogP contribution in [0.3, 0.4) is 0 Å². The minimum atomic E-state index is -1.48.